The Morgan fingerprint density at radius 1 is 1.43 bits per heavy atom. The van der Waals surface area contributed by atoms with Gasteiger partial charge >= 0.3 is 6.09 Å². The molecule has 0 unspecified atom stereocenters. The molecular formula is C9H20BNO3. The molecule has 0 atom stereocenters. The first-order valence-electron chi connectivity index (χ1n) is 4.99. The van der Waals surface area contributed by atoms with Crippen molar-refractivity contribution in [3.8, 4) is 0 Å². The number of carbonyl (C=O) groups is 1. The second-order valence-corrected chi connectivity index (χ2v) is 4.19. The van der Waals surface area contributed by atoms with Crippen molar-refractivity contribution in [3.05, 3.63) is 0 Å². The highest BCUT2D eigenvalue weighted by atomic mass is 16.6. The molecule has 1 N–H and O–H groups in total. The van der Waals surface area contributed by atoms with E-state index in [9.17, 15) is 4.79 Å². The Morgan fingerprint density at radius 2 is 2.00 bits per heavy atom. The lowest BCUT2D eigenvalue weighted by Gasteiger charge is -2.26. The Kier molecular flexibility index (Phi) is 5.61. The maximum absolute atomic E-state index is 11.5. The molecule has 0 saturated carbocycles. The van der Waals surface area contributed by atoms with Gasteiger partial charge in [0.2, 0.25) is 0 Å². The topological polar surface area (TPSA) is 49.8 Å². The summed E-state index contributed by atoms with van der Waals surface area (Å²) >= 11 is 0. The lowest BCUT2D eigenvalue weighted by atomic mass is 10.1. The number of amides is 1. The number of hydrogen-bond acceptors (Lipinski definition) is 3. The smallest absolute Gasteiger partial charge is 0.410 e. The summed E-state index contributed by atoms with van der Waals surface area (Å²) in [4.78, 5) is 13.1. The first-order valence-corrected chi connectivity index (χ1v) is 4.99. The molecule has 0 spiro atoms. The van der Waals surface area contributed by atoms with Gasteiger partial charge < -0.3 is 14.7 Å². The highest BCUT2D eigenvalue weighted by Crippen LogP contribution is 2.09. The van der Waals surface area contributed by atoms with Crippen LogP contribution in [0.15, 0.2) is 0 Å². The maximum atomic E-state index is 11.5. The predicted molar refractivity (Wildman–Crippen MR) is 58.2 cm³/mol. The summed E-state index contributed by atoms with van der Waals surface area (Å²) in [6.07, 6.45) is 0.507. The standard InChI is InChI=1S/C9H20BNO3/c1-9(2,3)14-8(13)11(5-4-10)6-7-12/h12H,4-7,10H2,1-3H3. The average molecular weight is 201 g/mol. The average Bonchev–Trinajstić information content (AvgIpc) is 2.01. The molecule has 0 aromatic carbocycles. The second-order valence-electron chi connectivity index (χ2n) is 4.19. The van der Waals surface area contributed by atoms with E-state index in [1.54, 1.807) is 0 Å². The monoisotopic (exact) mass is 201 g/mol. The fourth-order valence-corrected chi connectivity index (χ4v) is 1.01. The molecule has 0 aliphatic heterocycles. The number of nitrogens with zero attached hydrogens (tertiary/aromatic N) is 1. The van der Waals surface area contributed by atoms with Gasteiger partial charge in [-0.15, -0.1) is 0 Å². The van der Waals surface area contributed by atoms with Gasteiger partial charge in [0.1, 0.15) is 13.4 Å². The van der Waals surface area contributed by atoms with Crippen molar-refractivity contribution in [1.82, 2.24) is 4.90 Å². The highest BCUT2D eigenvalue weighted by Gasteiger charge is 2.20. The van der Waals surface area contributed by atoms with Crippen molar-refractivity contribution >= 4 is 13.9 Å². The van der Waals surface area contributed by atoms with Gasteiger partial charge in [-0.3, -0.25) is 0 Å². The van der Waals surface area contributed by atoms with E-state index < -0.39 is 5.60 Å². The third kappa shape index (κ3) is 5.86. The SMILES string of the molecule is BCCN(CCO)C(=O)OC(C)(C)C. The number of rotatable bonds is 4. The number of ether oxygens (including phenoxy) is 1. The second kappa shape index (κ2) is 5.91. The molecule has 0 radical (unpaired) electrons. The van der Waals surface area contributed by atoms with E-state index in [0.717, 1.165) is 6.32 Å². The van der Waals surface area contributed by atoms with E-state index in [0.29, 0.717) is 13.1 Å². The van der Waals surface area contributed by atoms with Gasteiger partial charge in [-0.1, -0.05) is 6.32 Å². The zero-order valence-electron chi connectivity index (χ0n) is 9.54. The van der Waals surface area contributed by atoms with Crippen LogP contribution in [0.5, 0.6) is 0 Å². The van der Waals surface area contributed by atoms with Crippen molar-refractivity contribution in [1.29, 1.82) is 0 Å². The largest absolute Gasteiger partial charge is 0.444 e. The summed E-state index contributed by atoms with van der Waals surface area (Å²) in [6.45, 7) is 6.41. The van der Waals surface area contributed by atoms with Gasteiger partial charge in [-0.2, -0.15) is 0 Å². The molecule has 0 aliphatic rings. The first kappa shape index (κ1) is 13.3. The van der Waals surface area contributed by atoms with E-state index in [1.165, 1.54) is 4.90 Å². The molecule has 0 rings (SSSR count). The fraction of sp³-hybridized carbons (Fsp3) is 0.889. The van der Waals surface area contributed by atoms with E-state index in [4.69, 9.17) is 9.84 Å². The number of aliphatic hydroxyl groups excluding tert-OH is 1. The van der Waals surface area contributed by atoms with Crippen LogP contribution in [0.1, 0.15) is 20.8 Å². The van der Waals surface area contributed by atoms with Gasteiger partial charge in [-0.25, -0.2) is 4.79 Å². The number of carbonyl (C=O) groups excluding carboxylic acids is 1. The minimum atomic E-state index is -0.474. The minimum absolute atomic E-state index is 0.0285. The number of hydrogen-bond donors (Lipinski definition) is 1. The van der Waals surface area contributed by atoms with Gasteiger partial charge in [-0.05, 0) is 20.8 Å². The van der Waals surface area contributed by atoms with Crippen LogP contribution in [-0.2, 0) is 4.74 Å². The van der Waals surface area contributed by atoms with Gasteiger partial charge in [0.05, 0.1) is 6.61 Å². The van der Waals surface area contributed by atoms with Crippen LogP contribution >= 0.6 is 0 Å². The Morgan fingerprint density at radius 3 is 2.36 bits per heavy atom. The number of aliphatic hydroxyl groups is 1. The lowest BCUT2D eigenvalue weighted by molar-refractivity contribution is 0.0230. The molecule has 82 valence electrons. The summed E-state index contributed by atoms with van der Waals surface area (Å²) < 4.78 is 5.18. The first-order chi connectivity index (χ1) is 6.40. The molecule has 5 heteroatoms. The maximum Gasteiger partial charge on any atom is 0.410 e. The Bertz CT molecular complexity index is 173. The minimum Gasteiger partial charge on any atom is -0.444 e. The highest BCUT2D eigenvalue weighted by molar-refractivity contribution is 6.08. The Balaban J connectivity index is 4.14. The van der Waals surface area contributed by atoms with Crippen molar-refractivity contribution in [2.75, 3.05) is 19.7 Å². The molecular weight excluding hydrogens is 181 g/mol. The van der Waals surface area contributed by atoms with Gasteiger partial charge in [0, 0.05) is 13.1 Å². The molecule has 0 heterocycles. The van der Waals surface area contributed by atoms with E-state index in [2.05, 4.69) is 0 Å². The van der Waals surface area contributed by atoms with Crippen LogP contribution in [0.25, 0.3) is 0 Å². The van der Waals surface area contributed by atoms with E-state index in [1.807, 2.05) is 28.6 Å². The summed E-state index contributed by atoms with van der Waals surface area (Å²) in [5.41, 5.74) is -0.474. The molecule has 0 aliphatic carbocycles. The quantitative estimate of drug-likeness (QED) is 0.664. The van der Waals surface area contributed by atoms with Crippen LogP contribution in [0, 0.1) is 0 Å². The van der Waals surface area contributed by atoms with Crippen LogP contribution in [0.4, 0.5) is 4.79 Å². The lowest BCUT2D eigenvalue weighted by Crippen LogP contribution is -2.38. The van der Waals surface area contributed by atoms with Crippen LogP contribution in [0.3, 0.4) is 0 Å². The fourth-order valence-electron chi connectivity index (χ4n) is 1.01. The zero-order valence-corrected chi connectivity index (χ0v) is 9.54. The molecule has 0 aromatic rings. The van der Waals surface area contributed by atoms with E-state index >= 15 is 0 Å². The molecule has 0 fully saturated rings. The molecule has 1 amide bonds. The van der Waals surface area contributed by atoms with Crippen LogP contribution in [-0.4, -0.2) is 49.2 Å². The predicted octanol–water partition coefficient (Wildman–Crippen LogP) is 0.267. The summed E-state index contributed by atoms with van der Waals surface area (Å²) in [7, 11) is 1.98. The third-order valence-corrected chi connectivity index (χ3v) is 1.52. The van der Waals surface area contributed by atoms with Crippen LogP contribution < -0.4 is 0 Å². The van der Waals surface area contributed by atoms with Gasteiger partial charge in [0.15, 0.2) is 0 Å². The van der Waals surface area contributed by atoms with Crippen molar-refractivity contribution in [2.24, 2.45) is 0 Å². The molecule has 4 nitrogen and oxygen atoms in total. The van der Waals surface area contributed by atoms with Crippen molar-refractivity contribution in [3.63, 3.8) is 0 Å². The normalized spacial score (nSPS) is 11.1. The van der Waals surface area contributed by atoms with Gasteiger partial charge in [0.25, 0.3) is 0 Å². The molecule has 14 heavy (non-hydrogen) atoms. The summed E-state index contributed by atoms with van der Waals surface area (Å²) in [5.74, 6) is 0. The molecule has 0 aromatic heterocycles. The van der Waals surface area contributed by atoms with Crippen LogP contribution in [0.2, 0.25) is 6.32 Å². The molecule has 0 bridgehead atoms. The zero-order chi connectivity index (χ0) is 11.2. The molecule has 0 saturated heterocycles. The summed E-state index contributed by atoms with van der Waals surface area (Å²) in [5, 5.41) is 8.76. The van der Waals surface area contributed by atoms with E-state index in [-0.39, 0.29) is 12.7 Å². The third-order valence-electron chi connectivity index (χ3n) is 1.52. The Hall–Kier alpha value is -0.705. The Labute approximate surface area is 86.6 Å². The van der Waals surface area contributed by atoms with Crippen molar-refractivity contribution < 1.29 is 14.6 Å². The van der Waals surface area contributed by atoms with Crippen molar-refractivity contribution in [2.45, 2.75) is 32.7 Å². The summed E-state index contributed by atoms with van der Waals surface area (Å²) in [6, 6.07) is 0.